The van der Waals surface area contributed by atoms with Crippen molar-refractivity contribution in [3.05, 3.63) is 0 Å². The zero-order valence-corrected chi connectivity index (χ0v) is 8.77. The summed E-state index contributed by atoms with van der Waals surface area (Å²) in [7, 11) is 0. The number of hydrogen-bond acceptors (Lipinski definition) is 1. The second-order valence-electron chi connectivity index (χ2n) is 4.72. The Hall–Kier alpha value is -0.0400. The molecule has 1 fully saturated rings. The van der Waals surface area contributed by atoms with Crippen LogP contribution in [0.2, 0.25) is 0 Å². The van der Waals surface area contributed by atoms with Crippen LogP contribution in [-0.2, 0) is 0 Å². The molecule has 0 aromatic heterocycles. The average molecular weight is 169 g/mol. The van der Waals surface area contributed by atoms with Crippen molar-refractivity contribution in [2.75, 3.05) is 6.54 Å². The molecule has 0 amide bonds. The summed E-state index contributed by atoms with van der Waals surface area (Å²) in [5.74, 6) is 1.84. The molecule has 0 radical (unpaired) electrons. The number of nitrogens with two attached hydrogens (primary N) is 1. The molecule has 0 aromatic rings. The van der Waals surface area contributed by atoms with Gasteiger partial charge >= 0.3 is 0 Å². The fourth-order valence-corrected chi connectivity index (χ4v) is 3.17. The van der Waals surface area contributed by atoms with E-state index in [1.165, 1.54) is 25.7 Å². The molecule has 1 nitrogen and oxygen atoms in total. The highest BCUT2D eigenvalue weighted by molar-refractivity contribution is 4.91. The summed E-state index contributed by atoms with van der Waals surface area (Å²) in [6.45, 7) is 8.01. The van der Waals surface area contributed by atoms with Crippen LogP contribution >= 0.6 is 0 Å². The summed E-state index contributed by atoms with van der Waals surface area (Å²) >= 11 is 0. The lowest BCUT2D eigenvalue weighted by Gasteiger charge is -2.32. The Morgan fingerprint density at radius 3 is 2.67 bits per heavy atom. The highest BCUT2D eigenvalue weighted by Gasteiger charge is 2.40. The molecule has 0 spiro atoms. The van der Waals surface area contributed by atoms with Gasteiger partial charge in [-0.2, -0.15) is 0 Å². The summed E-state index contributed by atoms with van der Waals surface area (Å²) in [6, 6.07) is 0. The first-order valence-corrected chi connectivity index (χ1v) is 5.34. The number of rotatable bonds is 3. The first-order valence-electron chi connectivity index (χ1n) is 5.34. The molecule has 0 aromatic carbocycles. The third-order valence-electron chi connectivity index (χ3n) is 3.91. The van der Waals surface area contributed by atoms with Crippen LogP contribution < -0.4 is 5.73 Å². The van der Waals surface area contributed by atoms with Crippen LogP contribution in [0.15, 0.2) is 0 Å². The Balaban J connectivity index is 2.63. The summed E-state index contributed by atoms with van der Waals surface area (Å²) in [4.78, 5) is 0. The molecule has 12 heavy (non-hydrogen) atoms. The third-order valence-corrected chi connectivity index (χ3v) is 3.91. The van der Waals surface area contributed by atoms with Gasteiger partial charge in [-0.3, -0.25) is 0 Å². The second-order valence-corrected chi connectivity index (χ2v) is 4.72. The largest absolute Gasteiger partial charge is 0.330 e. The van der Waals surface area contributed by atoms with E-state index < -0.39 is 0 Å². The average Bonchev–Trinajstić information content (AvgIpc) is 2.28. The molecule has 0 heterocycles. The van der Waals surface area contributed by atoms with Gasteiger partial charge in [0.15, 0.2) is 0 Å². The number of hydrogen-bond donors (Lipinski definition) is 1. The van der Waals surface area contributed by atoms with Crippen LogP contribution in [0.3, 0.4) is 0 Å². The van der Waals surface area contributed by atoms with E-state index in [1.807, 2.05) is 0 Å². The summed E-state index contributed by atoms with van der Waals surface area (Å²) in [6.07, 6.45) is 5.35. The van der Waals surface area contributed by atoms with Crippen molar-refractivity contribution in [1.82, 2.24) is 0 Å². The minimum absolute atomic E-state index is 0.558. The Morgan fingerprint density at radius 1 is 1.50 bits per heavy atom. The van der Waals surface area contributed by atoms with E-state index in [-0.39, 0.29) is 0 Å². The molecule has 1 aliphatic carbocycles. The van der Waals surface area contributed by atoms with Crippen molar-refractivity contribution in [1.29, 1.82) is 0 Å². The fourth-order valence-electron chi connectivity index (χ4n) is 3.17. The lowest BCUT2D eigenvalue weighted by molar-refractivity contribution is 0.181. The van der Waals surface area contributed by atoms with Gasteiger partial charge in [0.05, 0.1) is 0 Å². The van der Waals surface area contributed by atoms with Gasteiger partial charge in [-0.15, -0.1) is 0 Å². The second kappa shape index (κ2) is 3.78. The van der Waals surface area contributed by atoms with E-state index in [9.17, 15) is 0 Å². The van der Waals surface area contributed by atoms with Gasteiger partial charge in [-0.05, 0) is 43.1 Å². The predicted octanol–water partition coefficient (Wildman–Crippen LogP) is 2.80. The molecular formula is C11H23N. The zero-order valence-electron chi connectivity index (χ0n) is 8.77. The Kier molecular flexibility index (Phi) is 3.16. The van der Waals surface area contributed by atoms with Crippen molar-refractivity contribution in [2.24, 2.45) is 23.0 Å². The van der Waals surface area contributed by atoms with Gasteiger partial charge in [0.25, 0.3) is 0 Å². The van der Waals surface area contributed by atoms with Crippen molar-refractivity contribution in [3.8, 4) is 0 Å². The molecule has 1 saturated carbocycles. The van der Waals surface area contributed by atoms with E-state index in [2.05, 4.69) is 20.8 Å². The van der Waals surface area contributed by atoms with Gasteiger partial charge in [0, 0.05) is 0 Å². The lowest BCUT2D eigenvalue weighted by atomic mass is 9.73. The Labute approximate surface area is 76.7 Å². The normalized spacial score (nSPS) is 42.0. The first-order chi connectivity index (χ1) is 5.64. The quantitative estimate of drug-likeness (QED) is 0.690. The molecule has 1 rings (SSSR count). The maximum absolute atomic E-state index is 5.66. The Morgan fingerprint density at radius 2 is 2.17 bits per heavy atom. The summed E-state index contributed by atoms with van der Waals surface area (Å²) in [5.41, 5.74) is 6.21. The molecule has 0 bridgehead atoms. The maximum Gasteiger partial charge on any atom is -0.00720 e. The van der Waals surface area contributed by atoms with E-state index >= 15 is 0 Å². The van der Waals surface area contributed by atoms with Crippen LogP contribution in [0, 0.1) is 17.3 Å². The molecule has 3 atom stereocenters. The summed E-state index contributed by atoms with van der Waals surface area (Å²) < 4.78 is 0. The van der Waals surface area contributed by atoms with Crippen molar-refractivity contribution < 1.29 is 0 Å². The van der Waals surface area contributed by atoms with Crippen LogP contribution in [0.4, 0.5) is 0 Å². The molecule has 72 valence electrons. The van der Waals surface area contributed by atoms with Gasteiger partial charge in [-0.25, -0.2) is 0 Å². The van der Waals surface area contributed by atoms with Crippen LogP contribution in [0.1, 0.15) is 46.5 Å². The Bertz CT molecular complexity index is 140. The molecular weight excluding hydrogens is 146 g/mol. The van der Waals surface area contributed by atoms with Crippen molar-refractivity contribution >= 4 is 0 Å². The van der Waals surface area contributed by atoms with Gasteiger partial charge in [0.2, 0.25) is 0 Å². The highest BCUT2D eigenvalue weighted by Crippen LogP contribution is 2.50. The monoisotopic (exact) mass is 169 g/mol. The van der Waals surface area contributed by atoms with Crippen molar-refractivity contribution in [3.63, 3.8) is 0 Å². The van der Waals surface area contributed by atoms with E-state index in [0.29, 0.717) is 5.41 Å². The zero-order chi connectivity index (χ0) is 9.19. The van der Waals surface area contributed by atoms with Crippen LogP contribution in [0.5, 0.6) is 0 Å². The van der Waals surface area contributed by atoms with Gasteiger partial charge in [-0.1, -0.05) is 27.2 Å². The smallest absolute Gasteiger partial charge is 0.00720 e. The van der Waals surface area contributed by atoms with Gasteiger partial charge in [0.1, 0.15) is 0 Å². The van der Waals surface area contributed by atoms with Crippen molar-refractivity contribution in [2.45, 2.75) is 46.5 Å². The lowest BCUT2D eigenvalue weighted by Crippen LogP contribution is -2.26. The predicted molar refractivity (Wildman–Crippen MR) is 54.0 cm³/mol. The topological polar surface area (TPSA) is 26.0 Å². The van der Waals surface area contributed by atoms with Crippen LogP contribution in [0.25, 0.3) is 0 Å². The van der Waals surface area contributed by atoms with E-state index in [0.717, 1.165) is 18.4 Å². The molecule has 0 saturated heterocycles. The SMILES string of the molecule is CCC1C(C)CCC1(C)CCN. The van der Waals surface area contributed by atoms with Crippen LogP contribution in [-0.4, -0.2) is 6.54 Å². The molecule has 2 N–H and O–H groups in total. The molecule has 0 aliphatic heterocycles. The minimum atomic E-state index is 0.558. The third kappa shape index (κ3) is 1.66. The minimum Gasteiger partial charge on any atom is -0.330 e. The van der Waals surface area contributed by atoms with E-state index in [1.54, 1.807) is 0 Å². The highest BCUT2D eigenvalue weighted by atomic mass is 14.6. The fraction of sp³-hybridized carbons (Fsp3) is 1.00. The molecule has 3 unspecified atom stereocenters. The van der Waals surface area contributed by atoms with Gasteiger partial charge < -0.3 is 5.73 Å². The standard InChI is InChI=1S/C11H23N/c1-4-10-9(2)5-6-11(10,3)7-8-12/h9-10H,4-8,12H2,1-3H3. The maximum atomic E-state index is 5.66. The molecule has 1 heteroatoms. The summed E-state index contributed by atoms with van der Waals surface area (Å²) in [5, 5.41) is 0. The van der Waals surface area contributed by atoms with E-state index in [4.69, 9.17) is 5.73 Å². The molecule has 1 aliphatic rings. The first kappa shape index (κ1) is 10.0.